The third kappa shape index (κ3) is 2.83. The normalized spacial score (nSPS) is 28.4. The van der Waals surface area contributed by atoms with Crippen LogP contribution in [-0.2, 0) is 9.59 Å². The highest BCUT2D eigenvalue weighted by Crippen LogP contribution is 2.31. The summed E-state index contributed by atoms with van der Waals surface area (Å²) in [6, 6.07) is -0.155. The molecule has 2 N–H and O–H groups in total. The SMILES string of the molecule is CC1(C)CCCNC1C(=O)N1CCCNC(=O)C1. The van der Waals surface area contributed by atoms with Gasteiger partial charge in [-0.2, -0.15) is 0 Å². The van der Waals surface area contributed by atoms with Crippen molar-refractivity contribution in [2.24, 2.45) is 5.41 Å². The molecule has 2 aliphatic heterocycles. The van der Waals surface area contributed by atoms with Crippen molar-refractivity contribution in [3.63, 3.8) is 0 Å². The Morgan fingerprint density at radius 3 is 2.83 bits per heavy atom. The van der Waals surface area contributed by atoms with Crippen LogP contribution in [0.2, 0.25) is 0 Å². The number of hydrogen-bond donors (Lipinski definition) is 2. The molecule has 2 rings (SSSR count). The van der Waals surface area contributed by atoms with E-state index in [0.717, 1.165) is 25.8 Å². The number of nitrogens with one attached hydrogen (secondary N) is 2. The van der Waals surface area contributed by atoms with Crippen molar-refractivity contribution in [1.29, 1.82) is 0 Å². The molecule has 0 spiro atoms. The monoisotopic (exact) mass is 253 g/mol. The standard InChI is InChI=1S/C13H23N3O2/c1-13(2)5-3-6-15-11(13)12(18)16-8-4-7-14-10(17)9-16/h11,15H,3-9H2,1-2H3,(H,14,17). The third-order valence-electron chi connectivity index (χ3n) is 3.95. The summed E-state index contributed by atoms with van der Waals surface area (Å²) in [4.78, 5) is 25.8. The Balaban J connectivity index is 2.07. The minimum Gasteiger partial charge on any atom is -0.354 e. The molecule has 0 aliphatic carbocycles. The van der Waals surface area contributed by atoms with E-state index >= 15 is 0 Å². The van der Waals surface area contributed by atoms with Gasteiger partial charge in [0.2, 0.25) is 11.8 Å². The molecule has 2 saturated heterocycles. The lowest BCUT2D eigenvalue weighted by atomic mass is 9.77. The van der Waals surface area contributed by atoms with Crippen LogP contribution in [0.3, 0.4) is 0 Å². The minimum absolute atomic E-state index is 0.0296. The van der Waals surface area contributed by atoms with Crippen LogP contribution in [0.15, 0.2) is 0 Å². The maximum Gasteiger partial charge on any atom is 0.240 e. The fourth-order valence-electron chi connectivity index (χ4n) is 2.81. The van der Waals surface area contributed by atoms with Crippen LogP contribution in [0.1, 0.15) is 33.1 Å². The highest BCUT2D eigenvalue weighted by molar-refractivity contribution is 5.88. The van der Waals surface area contributed by atoms with E-state index in [2.05, 4.69) is 24.5 Å². The Morgan fingerprint density at radius 2 is 2.11 bits per heavy atom. The third-order valence-corrected chi connectivity index (χ3v) is 3.95. The molecule has 1 atom stereocenters. The lowest BCUT2D eigenvalue weighted by Gasteiger charge is -2.40. The number of amides is 2. The van der Waals surface area contributed by atoms with Crippen molar-refractivity contribution in [3.05, 3.63) is 0 Å². The van der Waals surface area contributed by atoms with Gasteiger partial charge in [-0.15, -0.1) is 0 Å². The van der Waals surface area contributed by atoms with Crippen molar-refractivity contribution in [1.82, 2.24) is 15.5 Å². The Kier molecular flexibility index (Phi) is 3.90. The Hall–Kier alpha value is -1.10. The zero-order valence-electron chi connectivity index (χ0n) is 11.3. The summed E-state index contributed by atoms with van der Waals surface area (Å²) in [5.74, 6) is 0.0335. The maximum absolute atomic E-state index is 12.6. The molecule has 1 unspecified atom stereocenters. The summed E-state index contributed by atoms with van der Waals surface area (Å²) in [6.07, 6.45) is 3.00. The van der Waals surface area contributed by atoms with Crippen molar-refractivity contribution >= 4 is 11.8 Å². The van der Waals surface area contributed by atoms with E-state index in [4.69, 9.17) is 0 Å². The van der Waals surface area contributed by atoms with Gasteiger partial charge in [0.15, 0.2) is 0 Å². The van der Waals surface area contributed by atoms with Crippen LogP contribution in [0, 0.1) is 5.41 Å². The number of rotatable bonds is 1. The lowest BCUT2D eigenvalue weighted by molar-refractivity contribution is -0.140. The van der Waals surface area contributed by atoms with Crippen molar-refractivity contribution in [2.45, 2.75) is 39.2 Å². The van der Waals surface area contributed by atoms with Gasteiger partial charge in [-0.3, -0.25) is 9.59 Å². The molecule has 0 aromatic carbocycles. The van der Waals surface area contributed by atoms with E-state index < -0.39 is 0 Å². The quantitative estimate of drug-likeness (QED) is 0.697. The number of carbonyl (C=O) groups excluding carboxylic acids is 2. The van der Waals surface area contributed by atoms with Gasteiger partial charge >= 0.3 is 0 Å². The number of piperidine rings is 1. The molecule has 5 heteroatoms. The Morgan fingerprint density at radius 1 is 1.33 bits per heavy atom. The molecule has 0 saturated carbocycles. The average molecular weight is 253 g/mol. The second-order valence-corrected chi connectivity index (χ2v) is 5.94. The van der Waals surface area contributed by atoms with Gasteiger partial charge < -0.3 is 15.5 Å². The second-order valence-electron chi connectivity index (χ2n) is 5.94. The van der Waals surface area contributed by atoms with Crippen LogP contribution >= 0.6 is 0 Å². The minimum atomic E-state index is -0.155. The van der Waals surface area contributed by atoms with Crippen molar-refractivity contribution in [2.75, 3.05) is 26.2 Å². The first-order chi connectivity index (χ1) is 8.50. The number of nitrogens with zero attached hydrogens (tertiary/aromatic N) is 1. The molecular weight excluding hydrogens is 230 g/mol. The van der Waals surface area contributed by atoms with Gasteiger partial charge in [-0.1, -0.05) is 13.8 Å². The summed E-state index contributed by atoms with van der Waals surface area (Å²) in [5, 5.41) is 6.12. The molecular formula is C13H23N3O2. The van der Waals surface area contributed by atoms with E-state index in [1.807, 2.05) is 0 Å². The Bertz CT molecular complexity index is 341. The van der Waals surface area contributed by atoms with Crippen LogP contribution in [0.4, 0.5) is 0 Å². The largest absolute Gasteiger partial charge is 0.354 e. The molecule has 0 bridgehead atoms. The molecule has 2 heterocycles. The topological polar surface area (TPSA) is 61.4 Å². The molecule has 0 aromatic heterocycles. The first-order valence-corrected chi connectivity index (χ1v) is 6.79. The first-order valence-electron chi connectivity index (χ1n) is 6.79. The number of hydrogen-bond acceptors (Lipinski definition) is 3. The lowest BCUT2D eigenvalue weighted by Crippen LogP contribution is -2.57. The predicted octanol–water partition coefficient (Wildman–Crippen LogP) is 0.113. The van der Waals surface area contributed by atoms with Gasteiger partial charge in [0.05, 0.1) is 12.6 Å². The summed E-state index contributed by atoms with van der Waals surface area (Å²) < 4.78 is 0. The predicted molar refractivity (Wildman–Crippen MR) is 69.0 cm³/mol. The highest BCUT2D eigenvalue weighted by Gasteiger charge is 2.39. The molecule has 102 valence electrons. The summed E-state index contributed by atoms with van der Waals surface area (Å²) in [7, 11) is 0. The van der Waals surface area contributed by atoms with E-state index in [1.165, 1.54) is 0 Å². The molecule has 2 fully saturated rings. The molecule has 2 aliphatic rings. The molecule has 0 aromatic rings. The van der Waals surface area contributed by atoms with Gasteiger partial charge in [0.25, 0.3) is 0 Å². The first kappa shape index (κ1) is 13.3. The van der Waals surface area contributed by atoms with Gasteiger partial charge in [0.1, 0.15) is 0 Å². The maximum atomic E-state index is 12.6. The molecule has 0 radical (unpaired) electrons. The highest BCUT2D eigenvalue weighted by atomic mass is 16.2. The van der Waals surface area contributed by atoms with Gasteiger partial charge in [-0.25, -0.2) is 0 Å². The van der Waals surface area contributed by atoms with E-state index in [0.29, 0.717) is 13.1 Å². The average Bonchev–Trinajstić information content (AvgIpc) is 2.52. The summed E-state index contributed by atoms with van der Waals surface area (Å²) in [6.45, 7) is 6.68. The van der Waals surface area contributed by atoms with Crippen molar-refractivity contribution < 1.29 is 9.59 Å². The van der Waals surface area contributed by atoms with E-state index in [9.17, 15) is 9.59 Å². The summed E-state index contributed by atoms with van der Waals surface area (Å²) >= 11 is 0. The van der Waals surface area contributed by atoms with Gasteiger partial charge in [-0.05, 0) is 31.2 Å². The number of carbonyl (C=O) groups is 2. The smallest absolute Gasteiger partial charge is 0.240 e. The second kappa shape index (κ2) is 5.26. The van der Waals surface area contributed by atoms with Crippen LogP contribution in [0.5, 0.6) is 0 Å². The van der Waals surface area contributed by atoms with Crippen LogP contribution in [0.25, 0.3) is 0 Å². The zero-order valence-corrected chi connectivity index (χ0v) is 11.3. The van der Waals surface area contributed by atoms with Gasteiger partial charge in [0, 0.05) is 13.1 Å². The molecule has 5 nitrogen and oxygen atoms in total. The molecule has 18 heavy (non-hydrogen) atoms. The van der Waals surface area contributed by atoms with Crippen LogP contribution < -0.4 is 10.6 Å². The zero-order chi connectivity index (χ0) is 13.2. The van der Waals surface area contributed by atoms with Crippen molar-refractivity contribution in [3.8, 4) is 0 Å². The molecule has 2 amide bonds. The summed E-state index contributed by atoms with van der Waals surface area (Å²) in [5.41, 5.74) is -0.0296. The fourth-order valence-corrected chi connectivity index (χ4v) is 2.81. The van der Waals surface area contributed by atoms with Crippen LogP contribution in [-0.4, -0.2) is 48.9 Å². The fraction of sp³-hybridized carbons (Fsp3) is 0.846. The Labute approximate surface area is 108 Å². The van der Waals surface area contributed by atoms with E-state index in [-0.39, 0.29) is 29.8 Å². The van der Waals surface area contributed by atoms with E-state index in [1.54, 1.807) is 4.90 Å².